The summed E-state index contributed by atoms with van der Waals surface area (Å²) in [6, 6.07) is 7.74. The zero-order valence-electron chi connectivity index (χ0n) is 16.6. The van der Waals surface area contributed by atoms with Crippen molar-refractivity contribution >= 4 is 17.2 Å². The van der Waals surface area contributed by atoms with Crippen molar-refractivity contribution in [2.45, 2.75) is 26.3 Å². The lowest BCUT2D eigenvalue weighted by atomic mass is 10.1. The Kier molecular flexibility index (Phi) is 6.13. The normalized spacial score (nSPS) is 16.1. The monoisotopic (exact) mass is 415 g/mol. The average molecular weight is 416 g/mol. The highest BCUT2D eigenvalue weighted by Gasteiger charge is 2.25. The minimum Gasteiger partial charge on any atom is -0.465 e. The number of rotatable bonds is 7. The highest BCUT2D eigenvalue weighted by Crippen LogP contribution is 2.26. The smallest absolute Gasteiger partial charge is 0.226 e. The Balaban J connectivity index is 1.37. The van der Waals surface area contributed by atoms with E-state index >= 15 is 0 Å². The Morgan fingerprint density at radius 2 is 1.93 bits per heavy atom. The molecule has 0 aliphatic carbocycles. The van der Waals surface area contributed by atoms with E-state index in [9.17, 15) is 4.79 Å². The average Bonchev–Trinajstić information content (AvgIpc) is 3.45. The van der Waals surface area contributed by atoms with Gasteiger partial charge in [-0.25, -0.2) is 4.98 Å². The number of carbonyl (C=O) groups excluding carboxylic acids is 1. The fraction of sp³-hybridized carbons (Fsp3) is 0.429. The molecule has 0 bridgehead atoms. The second-order valence-corrected chi connectivity index (χ2v) is 8.01. The predicted octanol–water partition coefficient (Wildman–Crippen LogP) is 3.35. The summed E-state index contributed by atoms with van der Waals surface area (Å²) in [5.41, 5.74) is 0.744. The summed E-state index contributed by atoms with van der Waals surface area (Å²) in [7, 11) is 0. The van der Waals surface area contributed by atoms with Crippen LogP contribution in [0.15, 0.2) is 38.5 Å². The van der Waals surface area contributed by atoms with Gasteiger partial charge in [-0.15, -0.1) is 11.3 Å². The molecule has 154 valence electrons. The van der Waals surface area contributed by atoms with Crippen LogP contribution in [0.4, 0.5) is 0 Å². The molecule has 1 aliphatic rings. The number of aromatic nitrogens is 1. The number of nitrogens with one attached hydrogen (secondary N) is 1. The first kappa shape index (κ1) is 19.9. The van der Waals surface area contributed by atoms with E-state index in [1.165, 1.54) is 11.3 Å². The summed E-state index contributed by atoms with van der Waals surface area (Å²) >= 11 is 1.48. The minimum absolute atomic E-state index is 0.00589. The molecule has 1 aliphatic heterocycles. The molecule has 7 nitrogen and oxygen atoms in total. The number of aryl methyl sites for hydroxylation is 2. The fourth-order valence-electron chi connectivity index (χ4n) is 3.42. The van der Waals surface area contributed by atoms with E-state index in [0.29, 0.717) is 19.8 Å². The summed E-state index contributed by atoms with van der Waals surface area (Å²) in [6.07, 6.45) is 0.239. The van der Waals surface area contributed by atoms with E-state index in [-0.39, 0.29) is 18.4 Å². The van der Waals surface area contributed by atoms with E-state index in [1.807, 2.05) is 43.5 Å². The van der Waals surface area contributed by atoms with Crippen molar-refractivity contribution in [3.8, 4) is 10.8 Å². The van der Waals surface area contributed by atoms with Gasteiger partial charge in [0.25, 0.3) is 0 Å². The van der Waals surface area contributed by atoms with Crippen molar-refractivity contribution in [1.82, 2.24) is 15.2 Å². The molecule has 4 heterocycles. The van der Waals surface area contributed by atoms with Crippen LogP contribution in [0.1, 0.15) is 29.0 Å². The van der Waals surface area contributed by atoms with Gasteiger partial charge in [0.15, 0.2) is 10.8 Å². The summed E-state index contributed by atoms with van der Waals surface area (Å²) in [5.74, 6) is 3.26. The standard InChI is InChI=1S/C21H25N3O4S/c1-14-3-5-18(27-14)17(24-7-9-26-10-8-24)12-22-20(25)11-16-13-29-21(23-16)19-6-4-15(2)28-19/h3-6,13,17H,7-12H2,1-2H3,(H,22,25). The van der Waals surface area contributed by atoms with E-state index in [0.717, 1.165) is 46.8 Å². The maximum absolute atomic E-state index is 12.5. The molecule has 1 atom stereocenters. The number of hydrogen-bond acceptors (Lipinski definition) is 7. The van der Waals surface area contributed by atoms with Crippen LogP contribution in [-0.4, -0.2) is 48.6 Å². The lowest BCUT2D eigenvalue weighted by molar-refractivity contribution is -0.120. The van der Waals surface area contributed by atoms with Gasteiger partial charge in [-0.1, -0.05) is 0 Å². The number of morpholine rings is 1. The molecule has 3 aromatic rings. The van der Waals surface area contributed by atoms with Crippen molar-refractivity contribution in [2.75, 3.05) is 32.8 Å². The number of carbonyl (C=O) groups is 1. The Labute approximate surface area is 173 Å². The summed E-state index contributed by atoms with van der Waals surface area (Å²) < 4.78 is 16.9. The molecule has 8 heteroatoms. The molecular formula is C21H25N3O4S. The lowest BCUT2D eigenvalue weighted by Crippen LogP contribution is -2.44. The molecule has 1 amide bonds. The summed E-state index contributed by atoms with van der Waals surface area (Å²) in [4.78, 5) is 19.4. The van der Waals surface area contributed by atoms with Crippen LogP contribution in [0.25, 0.3) is 10.8 Å². The third-order valence-electron chi connectivity index (χ3n) is 4.91. The van der Waals surface area contributed by atoms with Crippen molar-refractivity contribution in [3.63, 3.8) is 0 Å². The molecule has 0 saturated carbocycles. The molecule has 0 radical (unpaired) electrons. The third-order valence-corrected chi connectivity index (χ3v) is 5.82. The largest absolute Gasteiger partial charge is 0.465 e. The first-order chi connectivity index (χ1) is 14.1. The Hall–Kier alpha value is -2.42. The molecule has 3 aromatic heterocycles. The topological polar surface area (TPSA) is 80.7 Å². The maximum Gasteiger partial charge on any atom is 0.226 e. The number of nitrogens with zero attached hydrogens (tertiary/aromatic N) is 2. The minimum atomic E-state index is -0.0565. The van der Waals surface area contributed by atoms with E-state index in [4.69, 9.17) is 13.6 Å². The van der Waals surface area contributed by atoms with Crippen LogP contribution in [0.2, 0.25) is 0 Å². The van der Waals surface area contributed by atoms with Crippen molar-refractivity contribution in [2.24, 2.45) is 0 Å². The zero-order valence-corrected chi connectivity index (χ0v) is 17.5. The first-order valence-corrected chi connectivity index (χ1v) is 10.6. The van der Waals surface area contributed by atoms with Crippen molar-refractivity contribution < 1.29 is 18.4 Å². The second-order valence-electron chi connectivity index (χ2n) is 7.15. The van der Waals surface area contributed by atoms with Gasteiger partial charge < -0.3 is 18.9 Å². The van der Waals surface area contributed by atoms with Crippen LogP contribution < -0.4 is 5.32 Å². The number of thiazole rings is 1. The Morgan fingerprint density at radius 3 is 2.62 bits per heavy atom. The highest BCUT2D eigenvalue weighted by atomic mass is 32.1. The lowest BCUT2D eigenvalue weighted by Gasteiger charge is -2.33. The van der Waals surface area contributed by atoms with E-state index in [2.05, 4.69) is 15.2 Å². The number of hydrogen-bond donors (Lipinski definition) is 1. The van der Waals surface area contributed by atoms with E-state index < -0.39 is 0 Å². The SMILES string of the molecule is Cc1ccc(-c2nc(CC(=O)NCC(c3ccc(C)o3)N3CCOCC3)cs2)o1. The van der Waals surface area contributed by atoms with E-state index in [1.54, 1.807) is 0 Å². The van der Waals surface area contributed by atoms with Crippen molar-refractivity contribution in [1.29, 1.82) is 0 Å². The quantitative estimate of drug-likeness (QED) is 0.637. The van der Waals surface area contributed by atoms with Crippen LogP contribution in [0, 0.1) is 13.8 Å². The van der Waals surface area contributed by atoms with Gasteiger partial charge in [0.2, 0.25) is 5.91 Å². The van der Waals surface area contributed by atoms with Gasteiger partial charge >= 0.3 is 0 Å². The predicted molar refractivity (Wildman–Crippen MR) is 110 cm³/mol. The number of amides is 1. The fourth-order valence-corrected chi connectivity index (χ4v) is 4.20. The van der Waals surface area contributed by atoms with Crippen LogP contribution in [0.3, 0.4) is 0 Å². The summed E-state index contributed by atoms with van der Waals surface area (Å²) in [5, 5.41) is 5.74. The van der Waals surface area contributed by atoms with Gasteiger partial charge in [0.1, 0.15) is 17.3 Å². The molecule has 1 saturated heterocycles. The number of ether oxygens (including phenoxy) is 1. The van der Waals surface area contributed by atoms with Crippen LogP contribution >= 0.6 is 11.3 Å². The Bertz CT molecular complexity index is 955. The molecule has 1 N–H and O–H groups in total. The van der Waals surface area contributed by atoms with Gasteiger partial charge in [-0.05, 0) is 38.1 Å². The van der Waals surface area contributed by atoms with Gasteiger partial charge in [-0.2, -0.15) is 0 Å². The molecule has 1 fully saturated rings. The molecular weight excluding hydrogens is 390 g/mol. The van der Waals surface area contributed by atoms with Gasteiger partial charge in [0, 0.05) is 25.0 Å². The van der Waals surface area contributed by atoms with Crippen LogP contribution in [0.5, 0.6) is 0 Å². The molecule has 4 rings (SSSR count). The third kappa shape index (κ3) is 4.95. The molecule has 0 spiro atoms. The summed E-state index contributed by atoms with van der Waals surface area (Å²) in [6.45, 7) is 7.34. The molecule has 0 aromatic carbocycles. The van der Waals surface area contributed by atoms with Gasteiger partial charge in [-0.3, -0.25) is 9.69 Å². The van der Waals surface area contributed by atoms with Crippen LogP contribution in [-0.2, 0) is 16.0 Å². The molecule has 29 heavy (non-hydrogen) atoms. The number of furan rings is 2. The molecule has 1 unspecified atom stereocenters. The first-order valence-electron chi connectivity index (χ1n) is 9.74. The maximum atomic E-state index is 12.5. The highest BCUT2D eigenvalue weighted by molar-refractivity contribution is 7.13. The Morgan fingerprint density at radius 1 is 1.17 bits per heavy atom. The second kappa shape index (κ2) is 8.94. The van der Waals surface area contributed by atoms with Gasteiger partial charge in [0.05, 0.1) is 31.4 Å². The van der Waals surface area contributed by atoms with Crippen molar-refractivity contribution in [3.05, 3.63) is 52.6 Å². The zero-order chi connectivity index (χ0) is 20.2.